The molecule has 0 saturated carbocycles. The van der Waals surface area contributed by atoms with Gasteiger partial charge in [0.1, 0.15) is 12.1 Å². The zero-order valence-corrected chi connectivity index (χ0v) is 14.0. The van der Waals surface area contributed by atoms with Gasteiger partial charge in [-0.2, -0.15) is 0 Å². The molecule has 0 unspecified atom stereocenters. The van der Waals surface area contributed by atoms with E-state index in [9.17, 15) is 4.79 Å². The topological polar surface area (TPSA) is 71.7 Å². The molecule has 0 N–H and O–H groups in total. The van der Waals surface area contributed by atoms with Crippen LogP contribution in [0.2, 0.25) is 0 Å². The SMILES string of the molecule is CN(C)c1cc(CC[C@@H]2CN(C(=O)c3ccon3)CCO2)ccn1. The summed E-state index contributed by atoms with van der Waals surface area (Å²) in [7, 11) is 3.95. The van der Waals surface area contributed by atoms with Gasteiger partial charge in [-0.1, -0.05) is 5.16 Å². The largest absolute Gasteiger partial charge is 0.375 e. The lowest BCUT2D eigenvalue weighted by atomic mass is 10.1. The third-order valence-corrected chi connectivity index (χ3v) is 4.11. The molecular formula is C17H22N4O3. The van der Waals surface area contributed by atoms with E-state index in [-0.39, 0.29) is 12.0 Å². The number of anilines is 1. The Kier molecular flexibility index (Phi) is 5.10. The molecule has 3 heterocycles. The summed E-state index contributed by atoms with van der Waals surface area (Å²) in [6.07, 6.45) is 5.02. The first-order valence-corrected chi connectivity index (χ1v) is 8.07. The maximum atomic E-state index is 12.3. The molecule has 0 aromatic carbocycles. The van der Waals surface area contributed by atoms with Crippen LogP contribution in [-0.2, 0) is 11.2 Å². The van der Waals surface area contributed by atoms with Gasteiger partial charge >= 0.3 is 0 Å². The molecule has 0 radical (unpaired) electrons. The first-order valence-electron chi connectivity index (χ1n) is 8.07. The maximum Gasteiger partial charge on any atom is 0.276 e. The van der Waals surface area contributed by atoms with Gasteiger partial charge in [0, 0.05) is 39.4 Å². The van der Waals surface area contributed by atoms with Crippen LogP contribution in [0.5, 0.6) is 0 Å². The van der Waals surface area contributed by atoms with Crippen molar-refractivity contribution in [3.63, 3.8) is 0 Å². The average Bonchev–Trinajstić information content (AvgIpc) is 3.14. The minimum Gasteiger partial charge on any atom is -0.375 e. The van der Waals surface area contributed by atoms with Crippen molar-refractivity contribution in [2.45, 2.75) is 18.9 Å². The van der Waals surface area contributed by atoms with Crippen molar-refractivity contribution < 1.29 is 14.1 Å². The standard InChI is InChI=1S/C17H22N4O3/c1-20(2)16-11-13(5-7-18-16)3-4-14-12-21(8-10-23-14)17(22)15-6-9-24-19-15/h5-7,9,11,14H,3-4,8,10,12H2,1-2H3/t14-/m1/s1. The van der Waals surface area contributed by atoms with E-state index in [4.69, 9.17) is 9.26 Å². The van der Waals surface area contributed by atoms with E-state index in [1.54, 1.807) is 11.0 Å². The summed E-state index contributed by atoms with van der Waals surface area (Å²) >= 11 is 0. The molecule has 1 aliphatic rings. The molecule has 0 aliphatic carbocycles. The van der Waals surface area contributed by atoms with Crippen LogP contribution in [0.15, 0.2) is 35.2 Å². The number of carbonyl (C=O) groups is 1. The number of rotatable bonds is 5. The van der Waals surface area contributed by atoms with Crippen LogP contribution in [0, 0.1) is 0 Å². The average molecular weight is 330 g/mol. The lowest BCUT2D eigenvalue weighted by molar-refractivity contribution is -0.0248. The van der Waals surface area contributed by atoms with E-state index < -0.39 is 0 Å². The number of hydrogen-bond acceptors (Lipinski definition) is 6. The number of amides is 1. The van der Waals surface area contributed by atoms with Crippen molar-refractivity contribution in [3.05, 3.63) is 41.9 Å². The van der Waals surface area contributed by atoms with E-state index in [0.29, 0.717) is 25.4 Å². The van der Waals surface area contributed by atoms with Gasteiger partial charge in [-0.15, -0.1) is 0 Å². The summed E-state index contributed by atoms with van der Waals surface area (Å²) in [6, 6.07) is 5.70. The zero-order chi connectivity index (χ0) is 16.9. The monoisotopic (exact) mass is 330 g/mol. The minimum atomic E-state index is -0.101. The Morgan fingerprint density at radius 3 is 3.04 bits per heavy atom. The smallest absolute Gasteiger partial charge is 0.276 e. The molecule has 2 aromatic rings. The summed E-state index contributed by atoms with van der Waals surface area (Å²) < 4.78 is 10.6. The normalized spacial score (nSPS) is 17.8. The molecule has 24 heavy (non-hydrogen) atoms. The molecule has 128 valence electrons. The molecule has 7 heteroatoms. The highest BCUT2D eigenvalue weighted by atomic mass is 16.5. The third kappa shape index (κ3) is 3.91. The second-order valence-electron chi connectivity index (χ2n) is 6.08. The minimum absolute atomic E-state index is 0.0329. The predicted octanol–water partition coefficient (Wildman–Crippen LogP) is 1.61. The second kappa shape index (κ2) is 7.44. The molecule has 0 bridgehead atoms. The highest BCUT2D eigenvalue weighted by molar-refractivity contribution is 5.92. The highest BCUT2D eigenvalue weighted by Crippen LogP contribution is 2.16. The van der Waals surface area contributed by atoms with Gasteiger partial charge in [0.2, 0.25) is 0 Å². The Hall–Kier alpha value is -2.41. The number of morpholine rings is 1. The zero-order valence-electron chi connectivity index (χ0n) is 14.0. The fraction of sp³-hybridized carbons (Fsp3) is 0.471. The Balaban J connectivity index is 1.56. The number of carbonyl (C=O) groups excluding carboxylic acids is 1. The summed E-state index contributed by atoms with van der Waals surface area (Å²) in [6.45, 7) is 1.72. The molecule has 7 nitrogen and oxygen atoms in total. The van der Waals surface area contributed by atoms with E-state index in [1.165, 1.54) is 11.8 Å². The molecule has 1 amide bonds. The van der Waals surface area contributed by atoms with E-state index >= 15 is 0 Å². The van der Waals surface area contributed by atoms with Crippen LogP contribution in [0.25, 0.3) is 0 Å². The molecule has 2 aromatic heterocycles. The van der Waals surface area contributed by atoms with Crippen molar-refractivity contribution >= 4 is 11.7 Å². The molecule has 3 rings (SSSR count). The van der Waals surface area contributed by atoms with Crippen LogP contribution >= 0.6 is 0 Å². The Bertz CT molecular complexity index is 672. The van der Waals surface area contributed by atoms with E-state index in [1.807, 2.05) is 31.3 Å². The summed E-state index contributed by atoms with van der Waals surface area (Å²) in [5, 5.41) is 3.72. The molecular weight excluding hydrogens is 308 g/mol. The van der Waals surface area contributed by atoms with Crippen molar-refractivity contribution in [2.75, 3.05) is 38.7 Å². The van der Waals surface area contributed by atoms with Gasteiger partial charge in [0.05, 0.1) is 12.7 Å². The summed E-state index contributed by atoms with van der Waals surface area (Å²) in [4.78, 5) is 20.4. The molecule has 1 aliphatic heterocycles. The number of hydrogen-bond donors (Lipinski definition) is 0. The van der Waals surface area contributed by atoms with Gasteiger partial charge in [0.25, 0.3) is 5.91 Å². The molecule has 0 spiro atoms. The van der Waals surface area contributed by atoms with Crippen LogP contribution < -0.4 is 4.90 Å². The predicted molar refractivity (Wildman–Crippen MR) is 89.0 cm³/mol. The van der Waals surface area contributed by atoms with Gasteiger partial charge in [-0.25, -0.2) is 4.98 Å². The number of aromatic nitrogens is 2. The van der Waals surface area contributed by atoms with Crippen LogP contribution in [0.3, 0.4) is 0 Å². The Morgan fingerprint density at radius 2 is 2.29 bits per heavy atom. The van der Waals surface area contributed by atoms with Gasteiger partial charge in [0.15, 0.2) is 5.69 Å². The lowest BCUT2D eigenvalue weighted by Gasteiger charge is -2.32. The number of ether oxygens (including phenoxy) is 1. The van der Waals surface area contributed by atoms with E-state index in [0.717, 1.165) is 18.7 Å². The molecule has 1 fully saturated rings. The number of nitrogens with zero attached hydrogens (tertiary/aromatic N) is 4. The van der Waals surface area contributed by atoms with Gasteiger partial charge in [-0.3, -0.25) is 4.79 Å². The fourth-order valence-corrected chi connectivity index (χ4v) is 2.75. The number of pyridine rings is 1. The third-order valence-electron chi connectivity index (χ3n) is 4.11. The molecule has 1 atom stereocenters. The van der Waals surface area contributed by atoms with Crippen molar-refractivity contribution in [1.82, 2.24) is 15.0 Å². The highest BCUT2D eigenvalue weighted by Gasteiger charge is 2.26. The van der Waals surface area contributed by atoms with Crippen LogP contribution in [-0.4, -0.2) is 60.8 Å². The maximum absolute atomic E-state index is 12.3. The summed E-state index contributed by atoms with van der Waals surface area (Å²) in [5.74, 6) is 0.843. The van der Waals surface area contributed by atoms with E-state index in [2.05, 4.69) is 16.2 Å². The van der Waals surface area contributed by atoms with Gasteiger partial charge < -0.3 is 19.1 Å². The lowest BCUT2D eigenvalue weighted by Crippen LogP contribution is -2.45. The van der Waals surface area contributed by atoms with Crippen molar-refractivity contribution in [2.24, 2.45) is 0 Å². The van der Waals surface area contributed by atoms with Crippen molar-refractivity contribution in [3.8, 4) is 0 Å². The fourth-order valence-electron chi connectivity index (χ4n) is 2.75. The Labute approximate surface area is 141 Å². The second-order valence-corrected chi connectivity index (χ2v) is 6.08. The first-order chi connectivity index (χ1) is 11.6. The van der Waals surface area contributed by atoms with Crippen LogP contribution in [0.4, 0.5) is 5.82 Å². The van der Waals surface area contributed by atoms with Gasteiger partial charge in [-0.05, 0) is 30.5 Å². The molecule has 1 saturated heterocycles. The Morgan fingerprint density at radius 1 is 1.42 bits per heavy atom. The number of aryl methyl sites for hydroxylation is 1. The summed E-state index contributed by atoms with van der Waals surface area (Å²) in [5.41, 5.74) is 1.57. The first kappa shape index (κ1) is 16.4. The quantitative estimate of drug-likeness (QED) is 0.829. The van der Waals surface area contributed by atoms with Crippen LogP contribution in [0.1, 0.15) is 22.5 Å². The van der Waals surface area contributed by atoms with Crippen molar-refractivity contribution in [1.29, 1.82) is 0 Å².